The van der Waals surface area contributed by atoms with E-state index in [4.69, 9.17) is 0 Å². The zero-order valence-corrected chi connectivity index (χ0v) is 13.4. The van der Waals surface area contributed by atoms with Crippen LogP contribution in [0.5, 0.6) is 5.75 Å². The fraction of sp³-hybridized carbons (Fsp3) is 0.706. The van der Waals surface area contributed by atoms with E-state index in [1.54, 1.807) is 6.07 Å². The summed E-state index contributed by atoms with van der Waals surface area (Å²) in [6, 6.07) is 1.55. The van der Waals surface area contributed by atoms with Gasteiger partial charge in [0, 0.05) is 24.8 Å². The van der Waals surface area contributed by atoms with Gasteiger partial charge >= 0.3 is 0 Å². The Bertz CT molecular complexity index is 514. The van der Waals surface area contributed by atoms with Crippen LogP contribution in [0.25, 0.3) is 0 Å². The van der Waals surface area contributed by atoms with Crippen LogP contribution in [0.1, 0.15) is 56.8 Å². The van der Waals surface area contributed by atoms with E-state index in [1.165, 1.54) is 25.7 Å². The van der Waals surface area contributed by atoms with Crippen LogP contribution in [0, 0.1) is 6.92 Å². The van der Waals surface area contributed by atoms with Gasteiger partial charge in [-0.2, -0.15) is 0 Å². The number of likely N-dealkylation sites (tertiary alicyclic amines) is 1. The average molecular weight is 292 g/mol. The molecule has 118 valence electrons. The third-order valence-corrected chi connectivity index (χ3v) is 4.41. The lowest BCUT2D eigenvalue weighted by Crippen LogP contribution is -2.28. The van der Waals surface area contributed by atoms with Gasteiger partial charge in [-0.05, 0) is 39.3 Å². The summed E-state index contributed by atoms with van der Waals surface area (Å²) in [5, 5.41) is 10.2. The monoisotopic (exact) mass is 292 g/mol. The summed E-state index contributed by atoms with van der Waals surface area (Å²) in [5.41, 5.74) is 1.51. The van der Waals surface area contributed by atoms with Gasteiger partial charge in [-0.1, -0.05) is 26.2 Å². The molecule has 0 radical (unpaired) electrons. The smallest absolute Gasteiger partial charge is 0.223 e. The number of rotatable bonds is 5. The minimum absolute atomic E-state index is 0.0547. The standard InChI is InChI=1S/C17H28N2O2/c1-3-4-11-19-14(2)12-16(20)17(21)15(19)13-18-9-7-5-6-8-10-18/h12,21H,3-11,13H2,1-2H3. The maximum atomic E-state index is 11.9. The predicted molar refractivity (Wildman–Crippen MR) is 85.8 cm³/mol. The van der Waals surface area contributed by atoms with Gasteiger partial charge in [0.1, 0.15) is 0 Å². The van der Waals surface area contributed by atoms with Crippen molar-refractivity contribution in [1.29, 1.82) is 0 Å². The van der Waals surface area contributed by atoms with Gasteiger partial charge in [-0.3, -0.25) is 9.69 Å². The molecule has 0 unspecified atom stereocenters. The van der Waals surface area contributed by atoms with Crippen molar-refractivity contribution in [3.8, 4) is 5.75 Å². The Labute approximate surface area is 127 Å². The Morgan fingerprint density at radius 3 is 2.48 bits per heavy atom. The number of hydrogen-bond acceptors (Lipinski definition) is 3. The highest BCUT2D eigenvalue weighted by Crippen LogP contribution is 2.20. The van der Waals surface area contributed by atoms with E-state index in [2.05, 4.69) is 16.4 Å². The fourth-order valence-electron chi connectivity index (χ4n) is 3.11. The zero-order chi connectivity index (χ0) is 15.2. The largest absolute Gasteiger partial charge is 0.503 e. The molecule has 0 atom stereocenters. The highest BCUT2D eigenvalue weighted by Gasteiger charge is 2.17. The molecule has 0 aliphatic carbocycles. The first kappa shape index (κ1) is 16.1. The van der Waals surface area contributed by atoms with Gasteiger partial charge in [-0.25, -0.2) is 0 Å². The lowest BCUT2D eigenvalue weighted by atomic mass is 10.2. The van der Waals surface area contributed by atoms with E-state index in [-0.39, 0.29) is 11.2 Å². The van der Waals surface area contributed by atoms with Crippen molar-refractivity contribution in [1.82, 2.24) is 9.47 Å². The predicted octanol–water partition coefficient (Wildman–Crippen LogP) is 3.04. The quantitative estimate of drug-likeness (QED) is 0.907. The van der Waals surface area contributed by atoms with E-state index in [1.807, 2.05) is 6.92 Å². The molecule has 1 fully saturated rings. The first-order valence-corrected chi connectivity index (χ1v) is 8.28. The molecular formula is C17H28N2O2. The minimum atomic E-state index is -0.245. The number of aromatic hydroxyl groups is 1. The van der Waals surface area contributed by atoms with E-state index in [0.717, 1.165) is 43.9 Å². The highest BCUT2D eigenvalue weighted by atomic mass is 16.3. The molecule has 1 aromatic heterocycles. The third-order valence-electron chi connectivity index (χ3n) is 4.41. The van der Waals surface area contributed by atoms with Crippen LogP contribution in [-0.2, 0) is 13.1 Å². The Morgan fingerprint density at radius 2 is 1.86 bits per heavy atom. The lowest BCUT2D eigenvalue weighted by Gasteiger charge is -2.24. The molecule has 0 amide bonds. The van der Waals surface area contributed by atoms with E-state index in [9.17, 15) is 9.90 Å². The zero-order valence-electron chi connectivity index (χ0n) is 13.4. The van der Waals surface area contributed by atoms with Crippen LogP contribution in [0.2, 0.25) is 0 Å². The van der Waals surface area contributed by atoms with Crippen molar-refractivity contribution in [3.63, 3.8) is 0 Å². The van der Waals surface area contributed by atoms with Gasteiger partial charge in [-0.15, -0.1) is 0 Å². The first-order chi connectivity index (χ1) is 10.1. The van der Waals surface area contributed by atoms with Gasteiger partial charge in [0.15, 0.2) is 5.75 Å². The average Bonchev–Trinajstić information content (AvgIpc) is 2.72. The van der Waals surface area contributed by atoms with Gasteiger partial charge in [0.2, 0.25) is 5.43 Å². The number of aryl methyl sites for hydroxylation is 1. The maximum Gasteiger partial charge on any atom is 0.223 e. The van der Waals surface area contributed by atoms with Crippen molar-refractivity contribution >= 4 is 0 Å². The molecule has 1 aliphatic rings. The van der Waals surface area contributed by atoms with Crippen LogP contribution in [-0.4, -0.2) is 27.7 Å². The Kier molecular flexibility index (Phi) is 5.85. The molecule has 0 aromatic carbocycles. The Balaban J connectivity index is 2.28. The molecule has 0 bridgehead atoms. The topological polar surface area (TPSA) is 45.5 Å². The molecule has 1 aliphatic heterocycles. The van der Waals surface area contributed by atoms with Crippen LogP contribution in [0.15, 0.2) is 10.9 Å². The number of nitrogens with zero attached hydrogens (tertiary/aromatic N) is 2. The summed E-state index contributed by atoms with van der Waals surface area (Å²) in [7, 11) is 0. The molecule has 2 heterocycles. The van der Waals surface area contributed by atoms with Crippen LogP contribution < -0.4 is 5.43 Å². The van der Waals surface area contributed by atoms with Crippen LogP contribution in [0.4, 0.5) is 0 Å². The van der Waals surface area contributed by atoms with Crippen molar-refractivity contribution in [2.75, 3.05) is 13.1 Å². The number of hydrogen-bond donors (Lipinski definition) is 1. The Morgan fingerprint density at radius 1 is 1.19 bits per heavy atom. The molecule has 4 heteroatoms. The lowest BCUT2D eigenvalue weighted by molar-refractivity contribution is 0.262. The van der Waals surface area contributed by atoms with Gasteiger partial charge < -0.3 is 9.67 Å². The summed E-state index contributed by atoms with van der Waals surface area (Å²) >= 11 is 0. The molecule has 4 nitrogen and oxygen atoms in total. The fourth-order valence-corrected chi connectivity index (χ4v) is 3.11. The summed E-state index contributed by atoms with van der Waals surface area (Å²) in [4.78, 5) is 14.3. The highest BCUT2D eigenvalue weighted by molar-refractivity contribution is 5.29. The third kappa shape index (κ3) is 4.10. The maximum absolute atomic E-state index is 11.9. The minimum Gasteiger partial charge on any atom is -0.503 e. The van der Waals surface area contributed by atoms with E-state index >= 15 is 0 Å². The number of pyridine rings is 1. The first-order valence-electron chi connectivity index (χ1n) is 8.28. The molecule has 0 saturated carbocycles. The van der Waals surface area contributed by atoms with Crippen LogP contribution >= 0.6 is 0 Å². The summed E-state index contributed by atoms with van der Waals surface area (Å²) in [5.74, 6) is -0.0547. The summed E-state index contributed by atoms with van der Waals surface area (Å²) < 4.78 is 2.13. The number of unbranched alkanes of at least 4 members (excludes halogenated alkanes) is 1. The van der Waals surface area contributed by atoms with Crippen molar-refractivity contribution in [2.45, 2.75) is 65.5 Å². The second kappa shape index (κ2) is 7.64. The molecule has 2 rings (SSSR count). The normalized spacial score (nSPS) is 16.9. The van der Waals surface area contributed by atoms with Gasteiger partial charge in [0.05, 0.1) is 5.69 Å². The second-order valence-electron chi connectivity index (χ2n) is 6.14. The van der Waals surface area contributed by atoms with Crippen molar-refractivity contribution in [3.05, 3.63) is 27.7 Å². The molecular weight excluding hydrogens is 264 g/mol. The molecule has 0 spiro atoms. The SMILES string of the molecule is CCCCn1c(C)cc(=O)c(O)c1CN1CCCCCC1. The summed E-state index contributed by atoms with van der Waals surface area (Å²) in [6.07, 6.45) is 7.18. The Hall–Kier alpha value is -1.29. The molecule has 21 heavy (non-hydrogen) atoms. The van der Waals surface area contributed by atoms with E-state index < -0.39 is 0 Å². The van der Waals surface area contributed by atoms with Crippen molar-refractivity contribution in [2.24, 2.45) is 0 Å². The molecule has 1 saturated heterocycles. The van der Waals surface area contributed by atoms with Crippen molar-refractivity contribution < 1.29 is 5.11 Å². The van der Waals surface area contributed by atoms with Crippen LogP contribution in [0.3, 0.4) is 0 Å². The summed E-state index contributed by atoms with van der Waals surface area (Å²) in [6.45, 7) is 7.81. The number of aromatic nitrogens is 1. The molecule has 1 aromatic rings. The van der Waals surface area contributed by atoms with Gasteiger partial charge in [0.25, 0.3) is 0 Å². The van der Waals surface area contributed by atoms with E-state index in [0.29, 0.717) is 6.54 Å². The second-order valence-corrected chi connectivity index (χ2v) is 6.14. The molecule has 1 N–H and O–H groups in total.